The Morgan fingerprint density at radius 1 is 1.17 bits per heavy atom. The molecule has 6 heteroatoms. The third-order valence-corrected chi connectivity index (χ3v) is 3.69. The summed E-state index contributed by atoms with van der Waals surface area (Å²) >= 11 is 5.98. The van der Waals surface area contributed by atoms with E-state index < -0.39 is 11.9 Å². The fraction of sp³-hybridized carbons (Fsp3) is 0.222. The molecule has 2 aromatic carbocycles. The molecule has 126 valence electrons. The Balaban J connectivity index is 1.83. The molecule has 0 atom stereocenters. The number of halogens is 1. The summed E-state index contributed by atoms with van der Waals surface area (Å²) in [6.07, 6.45) is 0.133. The SMILES string of the molecule is COc1ccc(NC(=O)COC(=O)Cc2ccccc2C)cc1Cl. The number of carbonyl (C=O) groups is 2. The summed E-state index contributed by atoms with van der Waals surface area (Å²) in [5.41, 5.74) is 2.39. The lowest BCUT2D eigenvalue weighted by atomic mass is 10.1. The molecule has 0 aliphatic rings. The van der Waals surface area contributed by atoms with Crippen molar-refractivity contribution in [3.05, 3.63) is 58.6 Å². The van der Waals surface area contributed by atoms with Crippen LogP contribution in [0.2, 0.25) is 5.02 Å². The summed E-state index contributed by atoms with van der Waals surface area (Å²) < 4.78 is 10.0. The number of aryl methyl sites for hydroxylation is 1. The molecule has 0 saturated heterocycles. The highest BCUT2D eigenvalue weighted by Crippen LogP contribution is 2.27. The second kappa shape index (κ2) is 8.36. The molecule has 2 aromatic rings. The quantitative estimate of drug-likeness (QED) is 0.813. The maximum Gasteiger partial charge on any atom is 0.310 e. The second-order valence-corrected chi connectivity index (χ2v) is 5.57. The van der Waals surface area contributed by atoms with Crippen LogP contribution in [0.5, 0.6) is 5.75 Å². The third-order valence-electron chi connectivity index (χ3n) is 3.40. The number of rotatable bonds is 6. The van der Waals surface area contributed by atoms with E-state index in [1.165, 1.54) is 7.11 Å². The maximum absolute atomic E-state index is 11.8. The van der Waals surface area contributed by atoms with Crippen LogP contribution in [0.25, 0.3) is 0 Å². The predicted molar refractivity (Wildman–Crippen MR) is 92.5 cm³/mol. The molecule has 0 bridgehead atoms. The molecule has 0 unspecified atom stereocenters. The molecule has 24 heavy (non-hydrogen) atoms. The number of benzene rings is 2. The van der Waals surface area contributed by atoms with Crippen LogP contribution in [0.15, 0.2) is 42.5 Å². The van der Waals surface area contributed by atoms with E-state index >= 15 is 0 Å². The minimum atomic E-state index is -0.452. The van der Waals surface area contributed by atoms with Gasteiger partial charge in [-0.25, -0.2) is 0 Å². The van der Waals surface area contributed by atoms with E-state index in [0.29, 0.717) is 16.5 Å². The Morgan fingerprint density at radius 3 is 2.58 bits per heavy atom. The molecule has 0 radical (unpaired) electrons. The van der Waals surface area contributed by atoms with E-state index in [9.17, 15) is 9.59 Å². The molecular weight excluding hydrogens is 330 g/mol. The van der Waals surface area contributed by atoms with Gasteiger partial charge in [-0.15, -0.1) is 0 Å². The van der Waals surface area contributed by atoms with Crippen LogP contribution < -0.4 is 10.1 Å². The van der Waals surface area contributed by atoms with Crippen molar-refractivity contribution in [2.45, 2.75) is 13.3 Å². The second-order valence-electron chi connectivity index (χ2n) is 5.16. The van der Waals surface area contributed by atoms with Crippen molar-refractivity contribution in [3.8, 4) is 5.75 Å². The third kappa shape index (κ3) is 4.99. The predicted octanol–water partition coefficient (Wildman–Crippen LogP) is 3.38. The smallest absolute Gasteiger partial charge is 0.310 e. The number of anilines is 1. The topological polar surface area (TPSA) is 64.6 Å². The largest absolute Gasteiger partial charge is 0.495 e. The van der Waals surface area contributed by atoms with Crippen LogP contribution in [-0.4, -0.2) is 25.6 Å². The van der Waals surface area contributed by atoms with Crippen LogP contribution in [0.4, 0.5) is 5.69 Å². The van der Waals surface area contributed by atoms with E-state index in [-0.39, 0.29) is 13.0 Å². The molecule has 0 fully saturated rings. The number of hydrogen-bond acceptors (Lipinski definition) is 4. The van der Waals surface area contributed by atoms with E-state index in [0.717, 1.165) is 11.1 Å². The number of hydrogen-bond donors (Lipinski definition) is 1. The highest BCUT2D eigenvalue weighted by molar-refractivity contribution is 6.32. The summed E-state index contributed by atoms with van der Waals surface area (Å²) in [6, 6.07) is 12.4. The van der Waals surface area contributed by atoms with Crippen LogP contribution in [0.3, 0.4) is 0 Å². The Labute approximate surface area is 145 Å². The molecule has 2 rings (SSSR count). The first kappa shape index (κ1) is 17.8. The van der Waals surface area contributed by atoms with E-state index in [4.69, 9.17) is 21.1 Å². The monoisotopic (exact) mass is 347 g/mol. The van der Waals surface area contributed by atoms with Gasteiger partial charge in [0.15, 0.2) is 6.61 Å². The molecule has 0 heterocycles. The van der Waals surface area contributed by atoms with E-state index in [1.54, 1.807) is 18.2 Å². The zero-order valence-corrected chi connectivity index (χ0v) is 14.2. The van der Waals surface area contributed by atoms with Crippen molar-refractivity contribution in [2.24, 2.45) is 0 Å². The fourth-order valence-corrected chi connectivity index (χ4v) is 2.36. The van der Waals surface area contributed by atoms with Crippen LogP contribution in [0, 0.1) is 6.92 Å². The van der Waals surface area contributed by atoms with E-state index in [2.05, 4.69) is 5.32 Å². The first-order valence-electron chi connectivity index (χ1n) is 7.33. The molecule has 1 amide bonds. The summed E-state index contributed by atoms with van der Waals surface area (Å²) in [7, 11) is 1.51. The minimum Gasteiger partial charge on any atom is -0.495 e. The number of esters is 1. The van der Waals surface area contributed by atoms with Gasteiger partial charge in [0.2, 0.25) is 0 Å². The van der Waals surface area contributed by atoms with Gasteiger partial charge in [-0.05, 0) is 36.2 Å². The van der Waals surface area contributed by atoms with Gasteiger partial charge in [0.1, 0.15) is 5.75 Å². The van der Waals surface area contributed by atoms with Crippen LogP contribution in [0.1, 0.15) is 11.1 Å². The summed E-state index contributed by atoms with van der Waals surface area (Å²) in [5, 5.41) is 2.99. The summed E-state index contributed by atoms with van der Waals surface area (Å²) in [5.74, 6) is -0.374. The number of methoxy groups -OCH3 is 1. The minimum absolute atomic E-state index is 0.133. The van der Waals surface area contributed by atoms with Gasteiger partial charge in [-0.3, -0.25) is 9.59 Å². The van der Waals surface area contributed by atoms with Gasteiger partial charge in [0, 0.05) is 5.69 Å². The molecule has 0 aliphatic heterocycles. The van der Waals surface area contributed by atoms with Crippen molar-refractivity contribution in [2.75, 3.05) is 19.0 Å². The van der Waals surface area contributed by atoms with Gasteiger partial charge >= 0.3 is 5.97 Å². The van der Waals surface area contributed by atoms with Crippen molar-refractivity contribution in [1.82, 2.24) is 0 Å². The lowest BCUT2D eigenvalue weighted by Crippen LogP contribution is -2.21. The summed E-state index contributed by atoms with van der Waals surface area (Å²) in [4.78, 5) is 23.7. The highest BCUT2D eigenvalue weighted by Gasteiger charge is 2.11. The summed E-state index contributed by atoms with van der Waals surface area (Å²) in [6.45, 7) is 1.57. The Hall–Kier alpha value is -2.53. The Kier molecular flexibility index (Phi) is 6.21. The zero-order chi connectivity index (χ0) is 17.5. The maximum atomic E-state index is 11.8. The van der Waals surface area contributed by atoms with Gasteiger partial charge in [-0.1, -0.05) is 35.9 Å². The Bertz CT molecular complexity index is 746. The van der Waals surface area contributed by atoms with Crippen LogP contribution >= 0.6 is 11.6 Å². The number of carbonyl (C=O) groups excluding carboxylic acids is 2. The van der Waals surface area contributed by atoms with Gasteiger partial charge in [0.25, 0.3) is 5.91 Å². The van der Waals surface area contributed by atoms with Gasteiger partial charge in [-0.2, -0.15) is 0 Å². The fourth-order valence-electron chi connectivity index (χ4n) is 2.10. The van der Waals surface area contributed by atoms with Gasteiger partial charge in [0.05, 0.1) is 18.6 Å². The van der Waals surface area contributed by atoms with E-state index in [1.807, 2.05) is 31.2 Å². The van der Waals surface area contributed by atoms with Gasteiger partial charge < -0.3 is 14.8 Å². The molecule has 0 spiro atoms. The number of amides is 1. The number of ether oxygens (including phenoxy) is 2. The molecule has 0 saturated carbocycles. The molecule has 0 aliphatic carbocycles. The molecular formula is C18H18ClNO4. The first-order valence-corrected chi connectivity index (χ1v) is 7.71. The van der Waals surface area contributed by atoms with Crippen molar-refractivity contribution >= 4 is 29.2 Å². The average molecular weight is 348 g/mol. The number of nitrogens with one attached hydrogen (secondary N) is 1. The van der Waals surface area contributed by atoms with Crippen LogP contribution in [-0.2, 0) is 20.7 Å². The molecule has 1 N–H and O–H groups in total. The van der Waals surface area contributed by atoms with Crippen molar-refractivity contribution in [3.63, 3.8) is 0 Å². The normalized spacial score (nSPS) is 10.1. The first-order chi connectivity index (χ1) is 11.5. The standard InChI is InChI=1S/C18H18ClNO4/c1-12-5-3-4-6-13(12)9-18(22)24-11-17(21)20-14-7-8-16(23-2)15(19)10-14/h3-8,10H,9,11H2,1-2H3,(H,20,21). The average Bonchev–Trinajstić information content (AvgIpc) is 2.55. The highest BCUT2D eigenvalue weighted by atomic mass is 35.5. The lowest BCUT2D eigenvalue weighted by Gasteiger charge is -2.09. The molecule has 0 aromatic heterocycles. The zero-order valence-electron chi connectivity index (χ0n) is 13.5. The lowest BCUT2D eigenvalue weighted by molar-refractivity contribution is -0.146. The van der Waals surface area contributed by atoms with Crippen molar-refractivity contribution < 1.29 is 19.1 Å². The Morgan fingerprint density at radius 2 is 1.92 bits per heavy atom. The molecule has 5 nitrogen and oxygen atoms in total. The van der Waals surface area contributed by atoms with Crippen molar-refractivity contribution in [1.29, 1.82) is 0 Å².